The van der Waals surface area contributed by atoms with E-state index in [1.807, 2.05) is 22.9 Å². The van der Waals surface area contributed by atoms with Crippen molar-refractivity contribution in [2.75, 3.05) is 19.6 Å². The second-order valence-corrected chi connectivity index (χ2v) is 7.91. The van der Waals surface area contributed by atoms with Gasteiger partial charge in [-0.25, -0.2) is 4.68 Å². The molecule has 7 heteroatoms. The number of carbonyl (C=O) groups is 1. The Labute approximate surface area is 160 Å². The molecule has 146 valence electrons. The molecule has 3 N–H and O–H groups in total. The van der Waals surface area contributed by atoms with Crippen LogP contribution in [0.4, 0.5) is 0 Å². The lowest BCUT2D eigenvalue weighted by Crippen LogP contribution is -2.49. The summed E-state index contributed by atoms with van der Waals surface area (Å²) in [6.45, 7) is 8.75. The minimum absolute atomic E-state index is 0.183. The summed E-state index contributed by atoms with van der Waals surface area (Å²) in [6.07, 6.45) is 3.79. The molecule has 1 fully saturated rings. The molecule has 0 saturated carbocycles. The molecule has 1 aliphatic rings. The SMILES string of the molecule is CC(NC(C)(C)CNC(=O)c1cn(C2CCNCC2)nn1)c1ccccc1. The van der Waals surface area contributed by atoms with Gasteiger partial charge in [-0.1, -0.05) is 35.5 Å². The molecule has 27 heavy (non-hydrogen) atoms. The van der Waals surface area contributed by atoms with Gasteiger partial charge in [0.1, 0.15) is 0 Å². The van der Waals surface area contributed by atoms with Crippen molar-refractivity contribution in [1.82, 2.24) is 30.9 Å². The summed E-state index contributed by atoms with van der Waals surface area (Å²) in [5.74, 6) is -0.183. The number of hydrogen-bond donors (Lipinski definition) is 3. The highest BCUT2D eigenvalue weighted by molar-refractivity contribution is 5.91. The van der Waals surface area contributed by atoms with Crippen molar-refractivity contribution in [1.29, 1.82) is 0 Å². The maximum atomic E-state index is 12.5. The van der Waals surface area contributed by atoms with Crippen LogP contribution >= 0.6 is 0 Å². The Hall–Kier alpha value is -2.25. The lowest BCUT2D eigenvalue weighted by Gasteiger charge is -2.30. The van der Waals surface area contributed by atoms with Crippen LogP contribution in [0.5, 0.6) is 0 Å². The molecule has 0 bridgehead atoms. The van der Waals surface area contributed by atoms with E-state index >= 15 is 0 Å². The molecular weight excluding hydrogens is 340 g/mol. The number of rotatable bonds is 7. The molecule has 1 saturated heterocycles. The molecule has 2 aromatic rings. The summed E-state index contributed by atoms with van der Waals surface area (Å²) < 4.78 is 1.83. The molecule has 3 rings (SSSR count). The van der Waals surface area contributed by atoms with Crippen LogP contribution in [-0.2, 0) is 0 Å². The van der Waals surface area contributed by atoms with Crippen molar-refractivity contribution in [3.8, 4) is 0 Å². The van der Waals surface area contributed by atoms with Gasteiger partial charge in [0.05, 0.1) is 12.2 Å². The fraction of sp³-hybridized carbons (Fsp3) is 0.550. The largest absolute Gasteiger partial charge is 0.349 e. The van der Waals surface area contributed by atoms with Crippen LogP contribution in [0.2, 0.25) is 0 Å². The maximum absolute atomic E-state index is 12.5. The zero-order chi connectivity index (χ0) is 19.3. The third kappa shape index (κ3) is 5.37. The van der Waals surface area contributed by atoms with Crippen LogP contribution in [0, 0.1) is 0 Å². The van der Waals surface area contributed by atoms with Gasteiger partial charge in [-0.2, -0.15) is 0 Å². The Bertz CT molecular complexity index is 736. The van der Waals surface area contributed by atoms with E-state index in [-0.39, 0.29) is 17.5 Å². The summed E-state index contributed by atoms with van der Waals surface area (Å²) in [6, 6.07) is 10.8. The van der Waals surface area contributed by atoms with Crippen LogP contribution in [0.1, 0.15) is 61.7 Å². The van der Waals surface area contributed by atoms with Gasteiger partial charge in [0, 0.05) is 18.1 Å². The number of amides is 1. The monoisotopic (exact) mass is 370 g/mol. The third-order valence-electron chi connectivity index (χ3n) is 5.02. The first kappa shape index (κ1) is 19.5. The molecule has 0 aliphatic carbocycles. The van der Waals surface area contributed by atoms with Crippen molar-refractivity contribution >= 4 is 5.91 Å². The standard InChI is InChI=1S/C20H30N6O/c1-15(16-7-5-4-6-8-16)23-20(2,3)14-22-19(27)18-13-26(25-24-18)17-9-11-21-12-10-17/h4-8,13,15,17,21,23H,9-12,14H2,1-3H3,(H,22,27). The summed E-state index contributed by atoms with van der Waals surface area (Å²) in [5, 5.41) is 18.1. The maximum Gasteiger partial charge on any atom is 0.273 e. The molecule has 0 radical (unpaired) electrons. The highest BCUT2D eigenvalue weighted by Crippen LogP contribution is 2.18. The van der Waals surface area contributed by atoms with E-state index in [9.17, 15) is 4.79 Å². The molecule has 1 unspecified atom stereocenters. The van der Waals surface area contributed by atoms with E-state index < -0.39 is 0 Å². The van der Waals surface area contributed by atoms with Gasteiger partial charge in [0.25, 0.3) is 5.91 Å². The Morgan fingerprint density at radius 3 is 2.70 bits per heavy atom. The van der Waals surface area contributed by atoms with Gasteiger partial charge < -0.3 is 16.0 Å². The molecule has 1 aromatic heterocycles. The van der Waals surface area contributed by atoms with Gasteiger partial charge in [0.15, 0.2) is 5.69 Å². The lowest BCUT2D eigenvalue weighted by atomic mass is 10.0. The molecule has 7 nitrogen and oxygen atoms in total. The van der Waals surface area contributed by atoms with Gasteiger partial charge in [-0.05, 0) is 52.3 Å². The van der Waals surface area contributed by atoms with Crippen LogP contribution < -0.4 is 16.0 Å². The minimum Gasteiger partial charge on any atom is -0.349 e. The van der Waals surface area contributed by atoms with Crippen LogP contribution in [0.15, 0.2) is 36.5 Å². The fourth-order valence-electron chi connectivity index (χ4n) is 3.48. The Kier molecular flexibility index (Phi) is 6.23. The summed E-state index contributed by atoms with van der Waals surface area (Å²) >= 11 is 0. The van der Waals surface area contributed by atoms with Crippen LogP contribution in [0.3, 0.4) is 0 Å². The lowest BCUT2D eigenvalue weighted by molar-refractivity contribution is 0.0936. The van der Waals surface area contributed by atoms with Gasteiger partial charge in [-0.3, -0.25) is 4.79 Å². The van der Waals surface area contributed by atoms with E-state index in [0.717, 1.165) is 25.9 Å². The van der Waals surface area contributed by atoms with Crippen molar-refractivity contribution in [2.24, 2.45) is 0 Å². The highest BCUT2D eigenvalue weighted by atomic mass is 16.2. The number of hydrogen-bond acceptors (Lipinski definition) is 5. The first-order valence-electron chi connectivity index (χ1n) is 9.68. The average molecular weight is 371 g/mol. The Morgan fingerprint density at radius 2 is 2.00 bits per heavy atom. The van der Waals surface area contributed by atoms with Crippen LogP contribution in [0.25, 0.3) is 0 Å². The third-order valence-corrected chi connectivity index (χ3v) is 5.02. The van der Waals surface area contributed by atoms with E-state index in [0.29, 0.717) is 18.3 Å². The predicted octanol–water partition coefficient (Wildman–Crippen LogP) is 2.06. The van der Waals surface area contributed by atoms with Crippen molar-refractivity contribution in [2.45, 2.75) is 51.2 Å². The normalized spacial score (nSPS) is 16.9. The molecule has 1 atom stereocenters. The Balaban J connectivity index is 1.52. The number of nitrogens with zero attached hydrogens (tertiary/aromatic N) is 3. The van der Waals surface area contributed by atoms with Crippen LogP contribution in [-0.4, -0.2) is 46.1 Å². The van der Waals surface area contributed by atoms with Crippen molar-refractivity contribution in [3.05, 3.63) is 47.8 Å². The molecule has 0 spiro atoms. The summed E-state index contributed by atoms with van der Waals surface area (Å²) in [7, 11) is 0. The summed E-state index contributed by atoms with van der Waals surface area (Å²) in [4.78, 5) is 12.5. The molecule has 2 heterocycles. The minimum atomic E-state index is -0.254. The van der Waals surface area contributed by atoms with E-state index in [4.69, 9.17) is 0 Å². The quantitative estimate of drug-likeness (QED) is 0.695. The predicted molar refractivity (Wildman–Crippen MR) is 106 cm³/mol. The summed E-state index contributed by atoms with van der Waals surface area (Å²) in [5.41, 5.74) is 1.35. The van der Waals surface area contributed by atoms with Gasteiger partial charge in [0.2, 0.25) is 0 Å². The molecule has 1 aliphatic heterocycles. The molecule has 1 amide bonds. The number of carbonyl (C=O) groups excluding carboxylic acids is 1. The average Bonchev–Trinajstić information content (AvgIpc) is 3.17. The van der Waals surface area contributed by atoms with E-state index in [2.05, 4.69) is 59.2 Å². The van der Waals surface area contributed by atoms with Crippen molar-refractivity contribution < 1.29 is 4.79 Å². The number of aromatic nitrogens is 3. The second kappa shape index (κ2) is 8.63. The van der Waals surface area contributed by atoms with Crippen molar-refractivity contribution in [3.63, 3.8) is 0 Å². The molecular formula is C20H30N6O. The first-order valence-corrected chi connectivity index (χ1v) is 9.68. The molecule has 1 aromatic carbocycles. The fourth-order valence-corrected chi connectivity index (χ4v) is 3.48. The zero-order valence-electron chi connectivity index (χ0n) is 16.4. The number of benzene rings is 1. The second-order valence-electron chi connectivity index (χ2n) is 7.91. The number of piperidine rings is 1. The first-order chi connectivity index (χ1) is 12.9. The van der Waals surface area contributed by atoms with Gasteiger partial charge in [-0.15, -0.1) is 5.10 Å². The topological polar surface area (TPSA) is 83.9 Å². The zero-order valence-corrected chi connectivity index (χ0v) is 16.4. The number of nitrogens with one attached hydrogen (secondary N) is 3. The van der Waals surface area contributed by atoms with E-state index in [1.54, 1.807) is 6.20 Å². The van der Waals surface area contributed by atoms with Gasteiger partial charge >= 0.3 is 0 Å². The Morgan fingerprint density at radius 1 is 1.30 bits per heavy atom. The highest BCUT2D eigenvalue weighted by Gasteiger charge is 2.23. The van der Waals surface area contributed by atoms with E-state index in [1.165, 1.54) is 5.56 Å². The smallest absolute Gasteiger partial charge is 0.273 e.